The van der Waals surface area contributed by atoms with Gasteiger partial charge in [-0.15, -0.1) is 11.3 Å². The highest BCUT2D eigenvalue weighted by molar-refractivity contribution is 9.10. The molecule has 0 unspecified atom stereocenters. The van der Waals surface area contributed by atoms with Crippen LogP contribution in [0, 0.1) is 0 Å². The summed E-state index contributed by atoms with van der Waals surface area (Å²) >= 11 is 5.10. The highest BCUT2D eigenvalue weighted by Gasteiger charge is 2.08. The molecule has 0 spiro atoms. The minimum Gasteiger partial charge on any atom is -0.344 e. The van der Waals surface area contributed by atoms with Crippen LogP contribution in [0.5, 0.6) is 0 Å². The molecule has 0 aliphatic carbocycles. The van der Waals surface area contributed by atoms with Crippen molar-refractivity contribution in [3.63, 3.8) is 0 Å². The van der Waals surface area contributed by atoms with Crippen LogP contribution >= 0.6 is 27.3 Å². The van der Waals surface area contributed by atoms with E-state index in [-0.39, 0.29) is 5.91 Å². The third-order valence-electron chi connectivity index (χ3n) is 2.33. The molecule has 1 amide bonds. The Bertz CT molecular complexity index is 340. The molecule has 1 aromatic rings. The van der Waals surface area contributed by atoms with Crippen LogP contribution in [0.3, 0.4) is 0 Å². The Morgan fingerprint density at radius 2 is 2.38 bits per heavy atom. The number of hydrogen-bond donors (Lipinski definition) is 1. The van der Waals surface area contributed by atoms with Crippen molar-refractivity contribution in [2.24, 2.45) is 0 Å². The first-order chi connectivity index (χ1) is 7.63. The number of thiophene rings is 1. The fourth-order valence-electron chi connectivity index (χ4n) is 1.31. The number of nitrogens with one attached hydrogen (secondary N) is 1. The van der Waals surface area contributed by atoms with Crippen LogP contribution in [0.4, 0.5) is 0 Å². The van der Waals surface area contributed by atoms with Gasteiger partial charge in [-0.1, -0.05) is 0 Å². The molecule has 5 heteroatoms. The number of rotatable bonds is 6. The fourth-order valence-corrected chi connectivity index (χ4v) is 2.77. The average molecular weight is 305 g/mol. The van der Waals surface area contributed by atoms with Gasteiger partial charge in [-0.2, -0.15) is 0 Å². The minimum absolute atomic E-state index is 0.208. The topological polar surface area (TPSA) is 32.3 Å². The Morgan fingerprint density at radius 1 is 1.62 bits per heavy atom. The Hall–Kier alpha value is -0.390. The maximum atomic E-state index is 11.7. The van der Waals surface area contributed by atoms with Crippen molar-refractivity contribution in [1.82, 2.24) is 10.2 Å². The molecule has 0 atom stereocenters. The first kappa shape index (κ1) is 13.7. The van der Waals surface area contributed by atoms with Crippen molar-refractivity contribution in [1.29, 1.82) is 0 Å². The van der Waals surface area contributed by atoms with E-state index in [1.54, 1.807) is 16.2 Å². The molecule has 3 nitrogen and oxygen atoms in total. The van der Waals surface area contributed by atoms with Crippen LogP contribution in [0.15, 0.2) is 15.9 Å². The lowest BCUT2D eigenvalue weighted by molar-refractivity contribution is -0.129. The summed E-state index contributed by atoms with van der Waals surface area (Å²) < 4.78 is 1.10. The highest BCUT2D eigenvalue weighted by Crippen LogP contribution is 2.20. The Kier molecular flexibility index (Phi) is 6.01. The molecule has 0 bridgehead atoms. The van der Waals surface area contributed by atoms with Crippen molar-refractivity contribution in [3.8, 4) is 0 Å². The quantitative estimate of drug-likeness (QED) is 0.873. The van der Waals surface area contributed by atoms with Gasteiger partial charge in [0.15, 0.2) is 0 Å². The van der Waals surface area contributed by atoms with Gasteiger partial charge in [-0.25, -0.2) is 0 Å². The van der Waals surface area contributed by atoms with E-state index in [1.165, 1.54) is 4.88 Å². The van der Waals surface area contributed by atoms with E-state index in [2.05, 4.69) is 27.3 Å². The number of likely N-dealkylation sites (N-methyl/N-ethyl adjacent to an activating group) is 2. The van der Waals surface area contributed by atoms with Gasteiger partial charge in [0.25, 0.3) is 0 Å². The van der Waals surface area contributed by atoms with E-state index in [9.17, 15) is 4.79 Å². The number of halogens is 1. The second-order valence-electron chi connectivity index (χ2n) is 3.65. The fraction of sp³-hybridized carbons (Fsp3) is 0.545. The Morgan fingerprint density at radius 3 is 2.94 bits per heavy atom. The standard InChI is InChI=1S/C11H17BrN2OS/c1-13-5-6-14(2)11(15)4-3-10-7-9(12)8-16-10/h7-8,13H,3-6H2,1-2H3. The third kappa shape index (κ3) is 4.63. The van der Waals surface area contributed by atoms with Gasteiger partial charge in [-0.3, -0.25) is 4.79 Å². The zero-order chi connectivity index (χ0) is 12.0. The lowest BCUT2D eigenvalue weighted by Gasteiger charge is -2.16. The maximum absolute atomic E-state index is 11.7. The van der Waals surface area contributed by atoms with Crippen molar-refractivity contribution in [2.75, 3.05) is 27.2 Å². The molecule has 1 heterocycles. The number of aryl methyl sites for hydroxylation is 1. The summed E-state index contributed by atoms with van der Waals surface area (Å²) in [4.78, 5) is 14.7. The van der Waals surface area contributed by atoms with Crippen LogP contribution in [0.2, 0.25) is 0 Å². The summed E-state index contributed by atoms with van der Waals surface area (Å²) in [5.41, 5.74) is 0. The number of nitrogens with zero attached hydrogens (tertiary/aromatic N) is 1. The maximum Gasteiger partial charge on any atom is 0.222 e. The van der Waals surface area contributed by atoms with Gasteiger partial charge in [0.05, 0.1) is 0 Å². The van der Waals surface area contributed by atoms with Crippen molar-refractivity contribution in [2.45, 2.75) is 12.8 Å². The molecular weight excluding hydrogens is 288 g/mol. The molecule has 90 valence electrons. The zero-order valence-electron chi connectivity index (χ0n) is 9.62. The summed E-state index contributed by atoms with van der Waals surface area (Å²) in [6.45, 7) is 1.61. The van der Waals surface area contributed by atoms with Crippen LogP contribution in [0.25, 0.3) is 0 Å². The summed E-state index contributed by atoms with van der Waals surface area (Å²) in [7, 11) is 3.74. The summed E-state index contributed by atoms with van der Waals surface area (Å²) in [6, 6.07) is 2.07. The number of carbonyl (C=O) groups excluding carboxylic acids is 1. The van der Waals surface area contributed by atoms with Crippen LogP contribution in [-0.4, -0.2) is 38.0 Å². The largest absolute Gasteiger partial charge is 0.344 e. The number of carbonyl (C=O) groups is 1. The third-order valence-corrected chi connectivity index (χ3v) is 4.09. The predicted molar refractivity (Wildman–Crippen MR) is 71.9 cm³/mol. The molecule has 1 aromatic heterocycles. The van der Waals surface area contributed by atoms with Gasteiger partial charge in [0.2, 0.25) is 5.91 Å². The normalized spacial score (nSPS) is 10.4. The average Bonchev–Trinajstić information content (AvgIpc) is 2.68. The molecule has 1 rings (SSSR count). The van der Waals surface area contributed by atoms with Gasteiger partial charge >= 0.3 is 0 Å². The van der Waals surface area contributed by atoms with Crippen LogP contribution in [0.1, 0.15) is 11.3 Å². The van der Waals surface area contributed by atoms with Crippen LogP contribution < -0.4 is 5.32 Å². The SMILES string of the molecule is CNCCN(C)C(=O)CCc1cc(Br)cs1. The zero-order valence-corrected chi connectivity index (χ0v) is 12.0. The Balaban J connectivity index is 2.29. The molecule has 16 heavy (non-hydrogen) atoms. The monoisotopic (exact) mass is 304 g/mol. The van der Waals surface area contributed by atoms with Gasteiger partial charge in [0, 0.05) is 41.3 Å². The summed E-state index contributed by atoms with van der Waals surface area (Å²) in [5, 5.41) is 5.08. The first-order valence-corrected chi connectivity index (χ1v) is 6.92. The van der Waals surface area contributed by atoms with Gasteiger partial charge < -0.3 is 10.2 Å². The molecule has 0 radical (unpaired) electrons. The number of amides is 1. The van der Waals surface area contributed by atoms with E-state index in [0.29, 0.717) is 6.42 Å². The lowest BCUT2D eigenvalue weighted by Crippen LogP contribution is -2.32. The van der Waals surface area contributed by atoms with Gasteiger partial charge in [0.1, 0.15) is 0 Å². The molecule has 0 saturated carbocycles. The van der Waals surface area contributed by atoms with Crippen LogP contribution in [-0.2, 0) is 11.2 Å². The summed E-state index contributed by atoms with van der Waals surface area (Å²) in [6.07, 6.45) is 1.42. The predicted octanol–water partition coefficient (Wildman–Crippen LogP) is 2.12. The van der Waals surface area contributed by atoms with E-state index in [4.69, 9.17) is 0 Å². The number of hydrogen-bond acceptors (Lipinski definition) is 3. The molecule has 0 aromatic carbocycles. The Labute approximate surface area is 109 Å². The van der Waals surface area contributed by atoms with Crippen molar-refractivity contribution >= 4 is 33.2 Å². The van der Waals surface area contributed by atoms with E-state index in [1.807, 2.05) is 19.5 Å². The van der Waals surface area contributed by atoms with E-state index in [0.717, 1.165) is 24.0 Å². The lowest BCUT2D eigenvalue weighted by atomic mass is 10.2. The smallest absolute Gasteiger partial charge is 0.222 e. The first-order valence-electron chi connectivity index (χ1n) is 5.25. The van der Waals surface area contributed by atoms with Gasteiger partial charge in [-0.05, 0) is 35.5 Å². The van der Waals surface area contributed by atoms with Crippen molar-refractivity contribution in [3.05, 3.63) is 20.8 Å². The summed E-state index contributed by atoms with van der Waals surface area (Å²) in [5.74, 6) is 0.208. The molecule has 0 aliphatic heterocycles. The molecule has 0 saturated heterocycles. The molecule has 0 fully saturated rings. The van der Waals surface area contributed by atoms with E-state index >= 15 is 0 Å². The molecule has 0 aliphatic rings. The second kappa shape index (κ2) is 7.04. The van der Waals surface area contributed by atoms with Crippen molar-refractivity contribution < 1.29 is 4.79 Å². The second-order valence-corrected chi connectivity index (χ2v) is 5.56. The molecular formula is C11H17BrN2OS. The van der Waals surface area contributed by atoms with E-state index < -0.39 is 0 Å². The molecule has 1 N–H and O–H groups in total. The highest BCUT2D eigenvalue weighted by atomic mass is 79.9. The minimum atomic E-state index is 0.208.